The number of aromatic nitrogens is 2. The van der Waals surface area contributed by atoms with Gasteiger partial charge in [0, 0.05) is 0 Å². The Kier molecular flexibility index (Phi) is 4.68. The van der Waals surface area contributed by atoms with Crippen molar-refractivity contribution < 1.29 is 36.9 Å². The fourth-order valence-corrected chi connectivity index (χ4v) is 2.09. The van der Waals surface area contributed by atoms with Gasteiger partial charge in [0.1, 0.15) is 5.56 Å². The van der Waals surface area contributed by atoms with Crippen molar-refractivity contribution in [1.82, 2.24) is 9.97 Å². The number of hydrogen-bond donors (Lipinski definition) is 2. The van der Waals surface area contributed by atoms with Crippen LogP contribution in [0.3, 0.4) is 0 Å². The zero-order chi connectivity index (χ0) is 18.9. The van der Waals surface area contributed by atoms with E-state index in [0.29, 0.717) is 6.07 Å². The molecule has 0 bridgehead atoms. The molecule has 0 amide bonds. The largest absolute Gasteiger partial charge is 0.493 e. The molecule has 0 aliphatic carbocycles. The quantitative estimate of drug-likeness (QED) is 0.806. The number of rotatable bonds is 4. The third kappa shape index (κ3) is 3.25. The summed E-state index contributed by atoms with van der Waals surface area (Å²) >= 11 is 0. The van der Waals surface area contributed by atoms with E-state index in [0.717, 1.165) is 20.3 Å². The standard InChI is InChI=1S/C14H11F4N3O4/c1-24-9-6(14(16,17)18)4-3-5(7(9)15)12-20-8(13(22)23)10(25-2)11(19)21-12/h3-4H,1-2H3,(H,22,23)(H2,19,20,21). The highest BCUT2D eigenvalue weighted by Crippen LogP contribution is 2.40. The lowest BCUT2D eigenvalue weighted by molar-refractivity contribution is -0.139. The van der Waals surface area contributed by atoms with Crippen molar-refractivity contribution in [2.45, 2.75) is 6.18 Å². The maximum absolute atomic E-state index is 14.5. The van der Waals surface area contributed by atoms with Gasteiger partial charge in [0.05, 0.1) is 19.8 Å². The second kappa shape index (κ2) is 6.42. The number of alkyl halides is 3. The molecule has 1 heterocycles. The van der Waals surface area contributed by atoms with Crippen LogP contribution in [0.5, 0.6) is 11.5 Å². The number of benzene rings is 1. The fourth-order valence-electron chi connectivity index (χ4n) is 2.09. The van der Waals surface area contributed by atoms with Crippen molar-refractivity contribution in [2.24, 2.45) is 0 Å². The van der Waals surface area contributed by atoms with E-state index < -0.39 is 52.2 Å². The smallest absolute Gasteiger partial charge is 0.420 e. The summed E-state index contributed by atoms with van der Waals surface area (Å²) in [6, 6.07) is 1.33. The molecule has 1 aromatic carbocycles. The first-order valence-electron chi connectivity index (χ1n) is 6.50. The monoisotopic (exact) mass is 361 g/mol. The SMILES string of the molecule is COc1c(N)nc(-c2ccc(C(F)(F)F)c(OC)c2F)nc1C(=O)O. The Hall–Kier alpha value is -3.11. The van der Waals surface area contributed by atoms with Crippen LogP contribution in [-0.2, 0) is 6.18 Å². The summed E-state index contributed by atoms with van der Waals surface area (Å²) in [5.74, 6) is -5.30. The van der Waals surface area contributed by atoms with Crippen LogP contribution in [0.25, 0.3) is 11.4 Å². The van der Waals surface area contributed by atoms with E-state index in [-0.39, 0.29) is 5.75 Å². The van der Waals surface area contributed by atoms with Crippen LogP contribution >= 0.6 is 0 Å². The number of methoxy groups -OCH3 is 2. The minimum Gasteiger partial charge on any atom is -0.493 e. The first-order valence-corrected chi connectivity index (χ1v) is 6.50. The van der Waals surface area contributed by atoms with Gasteiger partial charge in [-0.2, -0.15) is 13.2 Å². The second-order valence-corrected chi connectivity index (χ2v) is 4.63. The minimum absolute atomic E-state index is 0.351. The van der Waals surface area contributed by atoms with Gasteiger partial charge in [-0.15, -0.1) is 0 Å². The topological polar surface area (TPSA) is 108 Å². The summed E-state index contributed by atoms with van der Waals surface area (Å²) in [5.41, 5.74) is 3.04. The molecule has 0 spiro atoms. The Labute approximate surface area is 138 Å². The molecule has 11 heteroatoms. The Morgan fingerprint density at radius 1 is 1.16 bits per heavy atom. The second-order valence-electron chi connectivity index (χ2n) is 4.63. The van der Waals surface area contributed by atoms with E-state index in [1.807, 2.05) is 0 Å². The Balaban J connectivity index is 2.73. The number of carboxylic acids is 1. The summed E-state index contributed by atoms with van der Waals surface area (Å²) < 4.78 is 62.4. The zero-order valence-electron chi connectivity index (χ0n) is 12.8. The first-order chi connectivity index (χ1) is 11.6. The fraction of sp³-hybridized carbons (Fsp3) is 0.214. The van der Waals surface area contributed by atoms with Gasteiger partial charge >= 0.3 is 12.1 Å². The van der Waals surface area contributed by atoms with Crippen LogP contribution in [0.1, 0.15) is 16.1 Å². The zero-order valence-corrected chi connectivity index (χ0v) is 12.8. The van der Waals surface area contributed by atoms with Crippen molar-refractivity contribution in [3.8, 4) is 22.9 Å². The Morgan fingerprint density at radius 2 is 1.76 bits per heavy atom. The maximum atomic E-state index is 14.5. The number of aromatic carboxylic acids is 1. The van der Waals surface area contributed by atoms with Gasteiger partial charge < -0.3 is 20.3 Å². The third-order valence-electron chi connectivity index (χ3n) is 3.15. The highest BCUT2D eigenvalue weighted by atomic mass is 19.4. The summed E-state index contributed by atoms with van der Waals surface area (Å²) in [5, 5.41) is 9.12. The normalized spacial score (nSPS) is 11.3. The van der Waals surface area contributed by atoms with Gasteiger partial charge in [-0.25, -0.2) is 19.2 Å². The molecular weight excluding hydrogens is 350 g/mol. The van der Waals surface area contributed by atoms with E-state index in [4.69, 9.17) is 15.6 Å². The summed E-state index contributed by atoms with van der Waals surface area (Å²) in [6.07, 6.45) is -4.85. The molecule has 0 atom stereocenters. The lowest BCUT2D eigenvalue weighted by Crippen LogP contribution is -2.12. The first kappa shape index (κ1) is 18.2. The van der Waals surface area contributed by atoms with E-state index in [1.165, 1.54) is 0 Å². The van der Waals surface area contributed by atoms with Gasteiger partial charge in [-0.3, -0.25) is 0 Å². The number of carbonyl (C=O) groups is 1. The lowest BCUT2D eigenvalue weighted by atomic mass is 10.1. The Bertz CT molecular complexity index is 840. The lowest BCUT2D eigenvalue weighted by Gasteiger charge is -2.15. The van der Waals surface area contributed by atoms with Crippen LogP contribution in [0.15, 0.2) is 12.1 Å². The number of nitrogen functional groups attached to an aromatic ring is 1. The van der Waals surface area contributed by atoms with Crippen molar-refractivity contribution in [3.63, 3.8) is 0 Å². The molecule has 1 aromatic heterocycles. The van der Waals surface area contributed by atoms with Crippen molar-refractivity contribution in [3.05, 3.63) is 29.2 Å². The molecule has 25 heavy (non-hydrogen) atoms. The highest BCUT2D eigenvalue weighted by Gasteiger charge is 2.37. The number of nitrogens with two attached hydrogens (primary N) is 1. The van der Waals surface area contributed by atoms with Crippen LogP contribution in [0.4, 0.5) is 23.4 Å². The average molecular weight is 361 g/mol. The van der Waals surface area contributed by atoms with Crippen LogP contribution in [0, 0.1) is 5.82 Å². The molecular formula is C14H11F4N3O4. The van der Waals surface area contributed by atoms with Crippen molar-refractivity contribution in [2.75, 3.05) is 20.0 Å². The van der Waals surface area contributed by atoms with Gasteiger partial charge in [-0.05, 0) is 12.1 Å². The number of halogens is 4. The third-order valence-corrected chi connectivity index (χ3v) is 3.15. The van der Waals surface area contributed by atoms with Gasteiger partial charge in [0.2, 0.25) is 0 Å². The van der Waals surface area contributed by atoms with Crippen molar-refractivity contribution in [1.29, 1.82) is 0 Å². The molecule has 2 rings (SSSR count). The van der Waals surface area contributed by atoms with E-state index in [9.17, 15) is 22.4 Å². The number of nitrogens with zero attached hydrogens (tertiary/aromatic N) is 2. The number of anilines is 1. The molecule has 0 saturated carbocycles. The van der Waals surface area contributed by atoms with E-state index in [1.54, 1.807) is 0 Å². The molecule has 134 valence electrons. The highest BCUT2D eigenvalue weighted by molar-refractivity contribution is 5.91. The van der Waals surface area contributed by atoms with Crippen LogP contribution < -0.4 is 15.2 Å². The summed E-state index contributed by atoms with van der Waals surface area (Å²) in [7, 11) is 1.99. The van der Waals surface area contributed by atoms with Gasteiger partial charge in [0.25, 0.3) is 0 Å². The Morgan fingerprint density at radius 3 is 2.24 bits per heavy atom. The number of carboxylic acid groups (broad SMARTS) is 1. The molecule has 0 unspecified atom stereocenters. The minimum atomic E-state index is -4.85. The molecule has 0 saturated heterocycles. The summed E-state index contributed by atoms with van der Waals surface area (Å²) in [4.78, 5) is 18.5. The molecule has 0 fully saturated rings. The van der Waals surface area contributed by atoms with Crippen molar-refractivity contribution >= 4 is 11.8 Å². The molecule has 7 nitrogen and oxygen atoms in total. The van der Waals surface area contributed by atoms with E-state index >= 15 is 0 Å². The molecule has 3 N–H and O–H groups in total. The van der Waals surface area contributed by atoms with E-state index in [2.05, 4.69) is 14.7 Å². The van der Waals surface area contributed by atoms with Gasteiger partial charge in [0.15, 0.2) is 34.7 Å². The van der Waals surface area contributed by atoms with Crippen LogP contribution in [-0.4, -0.2) is 35.3 Å². The molecule has 2 aromatic rings. The number of hydrogen-bond acceptors (Lipinski definition) is 6. The molecule has 0 radical (unpaired) electrons. The maximum Gasteiger partial charge on any atom is 0.420 e. The average Bonchev–Trinajstić information content (AvgIpc) is 2.52. The van der Waals surface area contributed by atoms with Crippen LogP contribution in [0.2, 0.25) is 0 Å². The molecule has 0 aliphatic rings. The molecule has 0 aliphatic heterocycles. The number of ether oxygens (including phenoxy) is 2. The predicted molar refractivity (Wildman–Crippen MR) is 76.9 cm³/mol. The summed E-state index contributed by atoms with van der Waals surface area (Å²) in [6.45, 7) is 0. The predicted octanol–water partition coefficient (Wildman–Crippen LogP) is 2.60. The van der Waals surface area contributed by atoms with Gasteiger partial charge in [-0.1, -0.05) is 0 Å².